The first kappa shape index (κ1) is 21.3. The number of urea groups is 1. The molecule has 29 heavy (non-hydrogen) atoms. The van der Waals surface area contributed by atoms with Crippen LogP contribution in [0.4, 0.5) is 4.79 Å². The van der Waals surface area contributed by atoms with Crippen molar-refractivity contribution in [3.63, 3.8) is 0 Å². The molecule has 10 heteroatoms. The zero-order valence-electron chi connectivity index (χ0n) is 16.4. The molecule has 3 rings (SSSR count). The Kier molecular flexibility index (Phi) is 6.53. The summed E-state index contributed by atoms with van der Waals surface area (Å²) in [6, 6.07) is 8.49. The number of hydrogen-bond donors (Lipinski definition) is 1. The third-order valence-electron chi connectivity index (χ3n) is 5.28. The molecular formula is C19H26N4O5S. The fraction of sp³-hybridized carbons (Fsp3) is 0.526. The third kappa shape index (κ3) is 5.33. The number of piperazine rings is 1. The number of imide groups is 1. The number of benzene rings is 1. The van der Waals surface area contributed by atoms with E-state index in [1.165, 1.54) is 9.21 Å². The van der Waals surface area contributed by atoms with Crippen molar-refractivity contribution in [2.75, 3.05) is 39.0 Å². The number of carbonyl (C=O) groups is 3. The van der Waals surface area contributed by atoms with E-state index in [-0.39, 0.29) is 37.7 Å². The molecule has 1 aromatic carbocycles. The maximum absolute atomic E-state index is 12.5. The van der Waals surface area contributed by atoms with E-state index in [2.05, 4.69) is 5.32 Å². The van der Waals surface area contributed by atoms with Crippen molar-refractivity contribution in [2.45, 2.75) is 25.3 Å². The van der Waals surface area contributed by atoms with Crippen LogP contribution in [0.1, 0.15) is 18.4 Å². The van der Waals surface area contributed by atoms with E-state index in [4.69, 9.17) is 0 Å². The summed E-state index contributed by atoms with van der Waals surface area (Å²) in [5.74, 6) is -0.441. The van der Waals surface area contributed by atoms with Crippen molar-refractivity contribution < 1.29 is 22.8 Å². The summed E-state index contributed by atoms with van der Waals surface area (Å²) in [5.41, 5.74) is 1.04. The molecule has 0 aliphatic carbocycles. The highest BCUT2D eigenvalue weighted by Gasteiger charge is 2.38. The number of nitrogens with one attached hydrogen (secondary N) is 1. The van der Waals surface area contributed by atoms with Gasteiger partial charge in [-0.15, -0.1) is 0 Å². The largest absolute Gasteiger partial charge is 0.340 e. The van der Waals surface area contributed by atoms with Crippen molar-refractivity contribution in [2.24, 2.45) is 0 Å². The van der Waals surface area contributed by atoms with Crippen LogP contribution < -0.4 is 5.32 Å². The molecule has 0 aromatic heterocycles. The van der Waals surface area contributed by atoms with Crippen LogP contribution >= 0.6 is 0 Å². The van der Waals surface area contributed by atoms with Crippen molar-refractivity contribution in [3.05, 3.63) is 35.9 Å². The lowest BCUT2D eigenvalue weighted by Gasteiger charge is -2.33. The van der Waals surface area contributed by atoms with Gasteiger partial charge in [-0.3, -0.25) is 14.5 Å². The van der Waals surface area contributed by atoms with Gasteiger partial charge in [-0.05, 0) is 18.4 Å². The topological polar surface area (TPSA) is 107 Å². The summed E-state index contributed by atoms with van der Waals surface area (Å²) in [5, 5.41) is 2.65. The van der Waals surface area contributed by atoms with Gasteiger partial charge in [0, 0.05) is 39.1 Å². The number of sulfonamides is 1. The normalized spacial score (nSPS) is 20.8. The molecule has 1 aromatic rings. The first-order chi connectivity index (χ1) is 13.8. The van der Waals surface area contributed by atoms with E-state index in [0.29, 0.717) is 26.1 Å². The quantitative estimate of drug-likeness (QED) is 0.624. The second kappa shape index (κ2) is 8.91. The summed E-state index contributed by atoms with van der Waals surface area (Å²) >= 11 is 0. The van der Waals surface area contributed by atoms with Gasteiger partial charge in [0.1, 0.15) is 6.04 Å². The molecule has 0 saturated carbocycles. The monoisotopic (exact) mass is 422 g/mol. The molecule has 2 heterocycles. The fourth-order valence-corrected chi connectivity index (χ4v) is 4.39. The summed E-state index contributed by atoms with van der Waals surface area (Å²) in [7, 11) is -3.25. The highest BCUT2D eigenvalue weighted by atomic mass is 32.2. The second-order valence-corrected chi connectivity index (χ2v) is 9.29. The van der Waals surface area contributed by atoms with Crippen LogP contribution in [0.15, 0.2) is 30.3 Å². The number of hydrogen-bond acceptors (Lipinski definition) is 5. The standard InChI is InChI=1S/C19H26N4O5S/c1-29(27,28)22-13-11-21(12-14-22)17(24)8-7-16-18(25)23(19(26)20-16)10-9-15-5-3-2-4-6-15/h2-6,16H,7-14H2,1H3,(H,20,26)/t16-/m0/s1. The minimum absolute atomic E-state index is 0.127. The molecule has 2 saturated heterocycles. The van der Waals surface area contributed by atoms with Crippen LogP contribution in [0.5, 0.6) is 0 Å². The smallest absolute Gasteiger partial charge is 0.324 e. The first-order valence-corrected chi connectivity index (χ1v) is 11.5. The highest BCUT2D eigenvalue weighted by Crippen LogP contribution is 2.15. The molecule has 1 atom stereocenters. The molecule has 9 nitrogen and oxygen atoms in total. The van der Waals surface area contributed by atoms with E-state index in [1.54, 1.807) is 4.90 Å². The van der Waals surface area contributed by atoms with Gasteiger partial charge in [-0.1, -0.05) is 30.3 Å². The average Bonchev–Trinajstić information content (AvgIpc) is 2.97. The summed E-state index contributed by atoms with van der Waals surface area (Å²) in [4.78, 5) is 39.9. The number of amides is 4. The lowest BCUT2D eigenvalue weighted by molar-refractivity contribution is -0.133. The van der Waals surface area contributed by atoms with Gasteiger partial charge >= 0.3 is 6.03 Å². The van der Waals surface area contributed by atoms with E-state index in [0.717, 1.165) is 11.8 Å². The molecule has 0 spiro atoms. The first-order valence-electron chi connectivity index (χ1n) is 9.64. The lowest BCUT2D eigenvalue weighted by atomic mass is 10.1. The third-order valence-corrected chi connectivity index (χ3v) is 6.58. The number of rotatable bonds is 7. The molecule has 158 valence electrons. The molecular weight excluding hydrogens is 396 g/mol. The molecule has 1 N–H and O–H groups in total. The Morgan fingerprint density at radius 1 is 1.10 bits per heavy atom. The number of nitrogens with zero attached hydrogens (tertiary/aromatic N) is 3. The fourth-order valence-electron chi connectivity index (χ4n) is 3.56. The van der Waals surface area contributed by atoms with Crippen LogP contribution in [0.25, 0.3) is 0 Å². The van der Waals surface area contributed by atoms with E-state index < -0.39 is 22.1 Å². The van der Waals surface area contributed by atoms with Crippen molar-refractivity contribution in [3.8, 4) is 0 Å². The molecule has 0 bridgehead atoms. The Hall–Kier alpha value is -2.46. The predicted molar refractivity (Wildman–Crippen MR) is 106 cm³/mol. The Morgan fingerprint density at radius 2 is 1.76 bits per heavy atom. The zero-order chi connectivity index (χ0) is 21.0. The van der Waals surface area contributed by atoms with Crippen LogP contribution in [-0.2, 0) is 26.0 Å². The van der Waals surface area contributed by atoms with Gasteiger partial charge in [-0.25, -0.2) is 13.2 Å². The number of carbonyl (C=O) groups excluding carboxylic acids is 3. The SMILES string of the molecule is CS(=O)(=O)N1CCN(C(=O)CC[C@@H]2NC(=O)N(CCc3ccccc3)C2=O)CC1. The molecule has 0 unspecified atom stereocenters. The maximum atomic E-state index is 12.5. The molecule has 2 aliphatic rings. The summed E-state index contributed by atoms with van der Waals surface area (Å²) in [6.07, 6.45) is 2.10. The lowest BCUT2D eigenvalue weighted by Crippen LogP contribution is -2.50. The van der Waals surface area contributed by atoms with Crippen molar-refractivity contribution in [1.29, 1.82) is 0 Å². The molecule has 2 aliphatic heterocycles. The minimum atomic E-state index is -3.25. The van der Waals surface area contributed by atoms with Crippen LogP contribution in [0.3, 0.4) is 0 Å². The van der Waals surface area contributed by atoms with Gasteiger partial charge < -0.3 is 10.2 Å². The Morgan fingerprint density at radius 3 is 2.38 bits per heavy atom. The van der Waals surface area contributed by atoms with Crippen LogP contribution in [0.2, 0.25) is 0 Å². The van der Waals surface area contributed by atoms with Gasteiger partial charge in [-0.2, -0.15) is 4.31 Å². The molecule has 2 fully saturated rings. The van der Waals surface area contributed by atoms with Gasteiger partial charge in [0.2, 0.25) is 15.9 Å². The molecule has 4 amide bonds. The van der Waals surface area contributed by atoms with Crippen molar-refractivity contribution >= 4 is 27.9 Å². The average molecular weight is 423 g/mol. The highest BCUT2D eigenvalue weighted by molar-refractivity contribution is 7.88. The van der Waals surface area contributed by atoms with Gasteiger partial charge in [0.05, 0.1) is 6.26 Å². The zero-order valence-corrected chi connectivity index (χ0v) is 17.2. The second-order valence-electron chi connectivity index (χ2n) is 7.31. The minimum Gasteiger partial charge on any atom is -0.340 e. The Balaban J connectivity index is 1.45. The van der Waals surface area contributed by atoms with E-state index in [1.807, 2.05) is 30.3 Å². The van der Waals surface area contributed by atoms with E-state index >= 15 is 0 Å². The molecule has 0 radical (unpaired) electrons. The van der Waals surface area contributed by atoms with Gasteiger partial charge in [0.25, 0.3) is 5.91 Å². The van der Waals surface area contributed by atoms with Crippen LogP contribution in [0, 0.1) is 0 Å². The van der Waals surface area contributed by atoms with Crippen molar-refractivity contribution in [1.82, 2.24) is 19.4 Å². The maximum Gasteiger partial charge on any atom is 0.324 e. The predicted octanol–water partition coefficient (Wildman–Crippen LogP) is 0.0335. The summed E-state index contributed by atoms with van der Waals surface area (Å²) in [6.45, 7) is 1.51. The van der Waals surface area contributed by atoms with Gasteiger partial charge in [0.15, 0.2) is 0 Å². The Bertz CT molecular complexity index is 866. The Labute approximate surface area is 170 Å². The summed E-state index contributed by atoms with van der Waals surface area (Å²) < 4.78 is 24.4. The van der Waals surface area contributed by atoms with E-state index in [9.17, 15) is 22.8 Å². The van der Waals surface area contributed by atoms with Crippen LogP contribution in [-0.4, -0.2) is 85.4 Å².